The van der Waals surface area contributed by atoms with Crippen molar-refractivity contribution in [2.45, 2.75) is 37.9 Å². The second-order valence-corrected chi connectivity index (χ2v) is 3.74. The van der Waals surface area contributed by atoms with E-state index < -0.39 is 6.10 Å². The molecule has 1 aliphatic heterocycles. The molecule has 2 aliphatic rings. The fourth-order valence-corrected chi connectivity index (χ4v) is 2.17. The van der Waals surface area contributed by atoms with Crippen LogP contribution in [-0.2, 0) is 4.84 Å². The Hall–Kier alpha value is -0.830. The zero-order valence-electron chi connectivity index (χ0n) is 7.65. The highest BCUT2D eigenvalue weighted by molar-refractivity contribution is 5.92. The highest BCUT2D eigenvalue weighted by atomic mass is 16.6. The predicted octanol–water partition coefficient (Wildman–Crippen LogP) is 1.48. The van der Waals surface area contributed by atoms with Crippen LogP contribution in [0.2, 0.25) is 0 Å². The molecule has 0 aromatic rings. The summed E-state index contributed by atoms with van der Waals surface area (Å²) in [7, 11) is 0. The molecule has 1 heterocycles. The Morgan fingerprint density at radius 2 is 2.54 bits per heavy atom. The summed E-state index contributed by atoms with van der Waals surface area (Å²) in [4.78, 5) is 5.25. The van der Waals surface area contributed by atoms with Crippen LogP contribution in [0.4, 0.5) is 0 Å². The van der Waals surface area contributed by atoms with Crippen molar-refractivity contribution in [2.75, 3.05) is 0 Å². The summed E-state index contributed by atoms with van der Waals surface area (Å²) in [5.41, 5.74) is 0.836. The number of rotatable bonds is 3. The lowest BCUT2D eigenvalue weighted by atomic mass is 9.95. The van der Waals surface area contributed by atoms with Crippen LogP contribution in [0.1, 0.15) is 25.7 Å². The van der Waals surface area contributed by atoms with E-state index in [-0.39, 0.29) is 6.10 Å². The average molecular weight is 181 g/mol. The molecule has 3 heteroatoms. The number of hydrogen-bond acceptors (Lipinski definition) is 3. The van der Waals surface area contributed by atoms with Gasteiger partial charge in [0.2, 0.25) is 0 Å². The summed E-state index contributed by atoms with van der Waals surface area (Å²) in [5.74, 6) is 0.370. The van der Waals surface area contributed by atoms with Gasteiger partial charge in [0.25, 0.3) is 0 Å². The van der Waals surface area contributed by atoms with Crippen LogP contribution in [0.5, 0.6) is 0 Å². The maximum Gasteiger partial charge on any atom is 0.135 e. The topological polar surface area (TPSA) is 41.8 Å². The van der Waals surface area contributed by atoms with Gasteiger partial charge in [0, 0.05) is 5.92 Å². The molecule has 0 bridgehead atoms. The lowest BCUT2D eigenvalue weighted by Gasteiger charge is -2.12. The van der Waals surface area contributed by atoms with Gasteiger partial charge in [0.15, 0.2) is 0 Å². The molecule has 0 aromatic carbocycles. The van der Waals surface area contributed by atoms with Crippen LogP contribution in [-0.4, -0.2) is 23.0 Å². The van der Waals surface area contributed by atoms with E-state index in [1.807, 2.05) is 0 Å². The van der Waals surface area contributed by atoms with Crippen LogP contribution < -0.4 is 0 Å². The summed E-state index contributed by atoms with van der Waals surface area (Å²) < 4.78 is 0. The molecule has 1 fully saturated rings. The first kappa shape index (κ1) is 8.75. The minimum atomic E-state index is -0.481. The summed E-state index contributed by atoms with van der Waals surface area (Å²) in [5, 5.41) is 13.7. The normalized spacial score (nSPS) is 33.5. The van der Waals surface area contributed by atoms with Crippen LogP contribution in [0.3, 0.4) is 0 Å². The molecular formula is C10H15NO2. The van der Waals surface area contributed by atoms with Gasteiger partial charge in [-0.15, -0.1) is 6.58 Å². The van der Waals surface area contributed by atoms with Crippen LogP contribution in [0.25, 0.3) is 0 Å². The molecule has 0 radical (unpaired) electrons. The van der Waals surface area contributed by atoms with E-state index in [0.717, 1.165) is 18.6 Å². The van der Waals surface area contributed by atoms with Crippen LogP contribution in [0, 0.1) is 5.92 Å². The third-order valence-corrected chi connectivity index (χ3v) is 2.86. The Morgan fingerprint density at radius 1 is 1.69 bits per heavy atom. The van der Waals surface area contributed by atoms with E-state index in [4.69, 9.17) is 4.84 Å². The van der Waals surface area contributed by atoms with Gasteiger partial charge in [-0.2, -0.15) is 0 Å². The molecule has 0 aromatic heterocycles. The summed E-state index contributed by atoms with van der Waals surface area (Å²) >= 11 is 0. The van der Waals surface area contributed by atoms with Crippen molar-refractivity contribution in [2.24, 2.45) is 11.1 Å². The first-order chi connectivity index (χ1) is 6.33. The van der Waals surface area contributed by atoms with Crippen molar-refractivity contribution in [1.82, 2.24) is 0 Å². The molecule has 0 unspecified atom stereocenters. The van der Waals surface area contributed by atoms with Crippen LogP contribution >= 0.6 is 0 Å². The average Bonchev–Trinajstić information content (AvgIpc) is 2.62. The number of hydrogen-bond donors (Lipinski definition) is 1. The van der Waals surface area contributed by atoms with Gasteiger partial charge in [0.1, 0.15) is 6.10 Å². The third kappa shape index (κ3) is 1.48. The van der Waals surface area contributed by atoms with Gasteiger partial charge in [0.05, 0.1) is 11.8 Å². The van der Waals surface area contributed by atoms with Crippen molar-refractivity contribution in [3.05, 3.63) is 12.7 Å². The van der Waals surface area contributed by atoms with Gasteiger partial charge in [-0.3, -0.25) is 0 Å². The van der Waals surface area contributed by atoms with E-state index in [9.17, 15) is 5.11 Å². The molecule has 1 saturated carbocycles. The van der Waals surface area contributed by atoms with E-state index in [2.05, 4.69) is 11.7 Å². The third-order valence-electron chi connectivity index (χ3n) is 2.86. The highest BCUT2D eigenvalue weighted by Crippen LogP contribution is 2.35. The Morgan fingerprint density at radius 3 is 3.31 bits per heavy atom. The van der Waals surface area contributed by atoms with Crippen molar-refractivity contribution in [3.63, 3.8) is 0 Å². The second-order valence-electron chi connectivity index (χ2n) is 3.74. The fraction of sp³-hybridized carbons (Fsp3) is 0.700. The lowest BCUT2D eigenvalue weighted by molar-refractivity contribution is 0.0746. The molecule has 3 atom stereocenters. The molecule has 2 rings (SSSR count). The predicted molar refractivity (Wildman–Crippen MR) is 50.5 cm³/mol. The first-order valence-electron chi connectivity index (χ1n) is 4.85. The van der Waals surface area contributed by atoms with E-state index in [1.54, 1.807) is 6.08 Å². The second kappa shape index (κ2) is 3.50. The fourth-order valence-electron chi connectivity index (χ4n) is 2.17. The Balaban J connectivity index is 2.03. The number of aliphatic hydroxyl groups is 1. The van der Waals surface area contributed by atoms with Gasteiger partial charge in [-0.25, -0.2) is 0 Å². The Labute approximate surface area is 78.1 Å². The lowest BCUT2D eigenvalue weighted by Crippen LogP contribution is -2.27. The largest absolute Gasteiger partial charge is 0.392 e. The minimum Gasteiger partial charge on any atom is -0.392 e. The zero-order chi connectivity index (χ0) is 9.26. The van der Waals surface area contributed by atoms with Gasteiger partial charge in [-0.05, 0) is 25.7 Å². The first-order valence-corrected chi connectivity index (χ1v) is 4.85. The molecule has 3 nitrogen and oxygen atoms in total. The summed E-state index contributed by atoms with van der Waals surface area (Å²) in [6, 6.07) is 0. The molecule has 0 saturated heterocycles. The number of fused-ring (bicyclic) bond motifs is 1. The Bertz CT molecular complexity index is 237. The maximum atomic E-state index is 9.71. The minimum absolute atomic E-state index is 0.245. The monoisotopic (exact) mass is 181 g/mol. The molecular weight excluding hydrogens is 166 g/mol. The maximum absolute atomic E-state index is 9.71. The molecule has 72 valence electrons. The summed E-state index contributed by atoms with van der Waals surface area (Å²) in [6.45, 7) is 3.60. The van der Waals surface area contributed by atoms with E-state index >= 15 is 0 Å². The van der Waals surface area contributed by atoms with Gasteiger partial charge >= 0.3 is 0 Å². The molecule has 0 amide bonds. The smallest absolute Gasteiger partial charge is 0.135 e. The standard InChI is InChI=1S/C10H15NO2/c1-2-4-8(12)10-7-5-3-6-9(7)13-11-10/h2,7-9,12H,1,3-6H2/t7-,8-,9+/m1/s1. The van der Waals surface area contributed by atoms with Crippen molar-refractivity contribution in [1.29, 1.82) is 0 Å². The number of aliphatic hydroxyl groups excluding tert-OH is 1. The van der Waals surface area contributed by atoms with Gasteiger partial charge in [-0.1, -0.05) is 11.2 Å². The molecule has 13 heavy (non-hydrogen) atoms. The number of oxime groups is 1. The SMILES string of the molecule is C=CC[C@@H](O)C1=NO[C@H]2CCC[C@@H]12. The van der Waals surface area contributed by atoms with E-state index in [0.29, 0.717) is 12.3 Å². The Kier molecular flexibility index (Phi) is 2.36. The van der Waals surface area contributed by atoms with Crippen molar-refractivity contribution >= 4 is 5.71 Å². The summed E-state index contributed by atoms with van der Waals surface area (Å²) in [6.07, 6.45) is 5.44. The molecule has 1 aliphatic carbocycles. The quantitative estimate of drug-likeness (QED) is 0.670. The molecule has 1 N–H and O–H groups in total. The van der Waals surface area contributed by atoms with Crippen molar-refractivity contribution < 1.29 is 9.94 Å². The molecule has 0 spiro atoms. The van der Waals surface area contributed by atoms with Crippen molar-refractivity contribution in [3.8, 4) is 0 Å². The zero-order valence-corrected chi connectivity index (χ0v) is 7.65. The number of nitrogens with zero attached hydrogens (tertiary/aromatic N) is 1. The van der Waals surface area contributed by atoms with Gasteiger partial charge < -0.3 is 9.94 Å². The highest BCUT2D eigenvalue weighted by Gasteiger charge is 2.40. The van der Waals surface area contributed by atoms with E-state index in [1.165, 1.54) is 6.42 Å². The van der Waals surface area contributed by atoms with Crippen LogP contribution in [0.15, 0.2) is 17.8 Å².